The van der Waals surface area contributed by atoms with Gasteiger partial charge in [-0.05, 0) is 127 Å². The first-order valence-corrected chi connectivity index (χ1v) is 18.6. The fourth-order valence-electron chi connectivity index (χ4n) is 10.6. The molecular formula is C44H42N4O3. The Balaban J connectivity index is 0.997. The zero-order chi connectivity index (χ0) is 34.1. The van der Waals surface area contributed by atoms with E-state index in [0.29, 0.717) is 12.1 Å². The Morgan fingerprint density at radius 1 is 0.784 bits per heavy atom. The SMILES string of the molecule is CC(C)(C)c1ccnc(-n2c3ccc(C45CC6CC(CC(C6)C4)C5)cc3c3ccc(Oc4cccc(C5=COC6=C7OC=CN7CN56)c4)cc32)c1. The molecule has 51 heavy (non-hydrogen) atoms. The van der Waals surface area contributed by atoms with Crippen LogP contribution >= 0.6 is 0 Å². The number of fused-ring (bicyclic) bond motifs is 5. The second-order valence-electron chi connectivity index (χ2n) is 16.9. The molecule has 5 heterocycles. The average Bonchev–Trinajstić information content (AvgIpc) is 3.88. The zero-order valence-electron chi connectivity index (χ0n) is 29.4. The van der Waals surface area contributed by atoms with Crippen LogP contribution in [-0.2, 0) is 20.3 Å². The van der Waals surface area contributed by atoms with Crippen LogP contribution in [0.3, 0.4) is 0 Å². The lowest BCUT2D eigenvalue weighted by molar-refractivity contribution is -0.00512. The van der Waals surface area contributed by atoms with Gasteiger partial charge in [-0.15, -0.1) is 0 Å². The minimum atomic E-state index is 0.00733. The van der Waals surface area contributed by atoms with E-state index in [1.54, 1.807) is 18.1 Å². The summed E-state index contributed by atoms with van der Waals surface area (Å²) in [5.41, 5.74) is 7.45. The normalized spacial score (nSPS) is 25.9. The first-order valence-electron chi connectivity index (χ1n) is 18.6. The quantitative estimate of drug-likeness (QED) is 0.185. The lowest BCUT2D eigenvalue weighted by atomic mass is 9.48. The summed E-state index contributed by atoms with van der Waals surface area (Å²) in [5, 5.41) is 2.54. The number of hydrogen-bond acceptors (Lipinski definition) is 6. The van der Waals surface area contributed by atoms with E-state index < -0.39 is 0 Å². The Morgan fingerprint density at radius 3 is 2.39 bits per heavy atom. The van der Waals surface area contributed by atoms with Gasteiger partial charge in [0, 0.05) is 34.8 Å². The summed E-state index contributed by atoms with van der Waals surface area (Å²) in [5.74, 6) is 6.66. The van der Waals surface area contributed by atoms with Crippen molar-refractivity contribution in [2.45, 2.75) is 70.1 Å². The molecule has 0 unspecified atom stereocenters. The Kier molecular flexibility index (Phi) is 6.05. The van der Waals surface area contributed by atoms with Gasteiger partial charge in [0.15, 0.2) is 0 Å². The standard InChI is InChI=1S/C44H42N4O3/c1-43(2,3)31-11-12-45-40(20-31)48-37-10-7-32(44-22-27-15-28(23-44)17-29(16-27)24-44)19-36(37)35-9-8-34(21-38(35)48)51-33-6-4-5-30(18-33)39-25-50-42-41-46(13-14-49-41)26-47(39)42/h4-14,18-21,25,27-29H,15-17,22-24,26H2,1-3H3. The highest BCUT2D eigenvalue weighted by Gasteiger charge is 2.51. The summed E-state index contributed by atoms with van der Waals surface area (Å²) >= 11 is 0. The van der Waals surface area contributed by atoms with Crippen molar-refractivity contribution in [3.8, 4) is 17.3 Å². The largest absolute Gasteiger partial charge is 0.457 e. The molecule has 7 nitrogen and oxygen atoms in total. The van der Waals surface area contributed by atoms with E-state index in [1.807, 2.05) is 29.4 Å². The predicted molar refractivity (Wildman–Crippen MR) is 198 cm³/mol. The molecule has 12 rings (SSSR count). The van der Waals surface area contributed by atoms with Crippen molar-refractivity contribution in [1.29, 1.82) is 0 Å². The third-order valence-corrected chi connectivity index (χ3v) is 12.6. The third-order valence-electron chi connectivity index (χ3n) is 12.6. The van der Waals surface area contributed by atoms with Gasteiger partial charge < -0.3 is 14.2 Å². The molecule has 4 bridgehead atoms. The van der Waals surface area contributed by atoms with E-state index in [0.717, 1.165) is 63.6 Å². The first kappa shape index (κ1) is 29.5. The van der Waals surface area contributed by atoms with Gasteiger partial charge >= 0.3 is 0 Å². The summed E-state index contributed by atoms with van der Waals surface area (Å²) in [6, 6.07) is 26.6. The number of aromatic nitrogens is 2. The molecule has 4 saturated carbocycles. The molecule has 0 radical (unpaired) electrons. The Bertz CT molecular complexity index is 2340. The van der Waals surface area contributed by atoms with E-state index in [2.05, 4.69) is 90.9 Å². The maximum absolute atomic E-state index is 6.65. The lowest BCUT2D eigenvalue weighted by Gasteiger charge is -2.57. The molecule has 0 N–H and O–H groups in total. The number of rotatable bonds is 5. The van der Waals surface area contributed by atoms with Gasteiger partial charge in [0.05, 0.1) is 16.7 Å². The van der Waals surface area contributed by atoms with E-state index >= 15 is 0 Å². The van der Waals surface area contributed by atoms with Crippen LogP contribution in [0, 0.1) is 17.8 Å². The minimum absolute atomic E-state index is 0.00733. The fourth-order valence-corrected chi connectivity index (χ4v) is 10.6. The van der Waals surface area contributed by atoms with Crippen molar-refractivity contribution in [3.05, 3.63) is 126 Å². The third kappa shape index (κ3) is 4.52. The van der Waals surface area contributed by atoms with Gasteiger partial charge in [-0.1, -0.05) is 39.0 Å². The maximum Gasteiger partial charge on any atom is 0.263 e. The van der Waals surface area contributed by atoms with Crippen LogP contribution in [0.1, 0.15) is 76.0 Å². The van der Waals surface area contributed by atoms with Crippen molar-refractivity contribution in [1.82, 2.24) is 19.4 Å². The van der Waals surface area contributed by atoms with Crippen LogP contribution < -0.4 is 4.74 Å². The van der Waals surface area contributed by atoms with Gasteiger partial charge in [0.1, 0.15) is 36.5 Å². The monoisotopic (exact) mass is 674 g/mol. The molecule has 3 aliphatic heterocycles. The van der Waals surface area contributed by atoms with Crippen molar-refractivity contribution in [2.24, 2.45) is 17.8 Å². The Morgan fingerprint density at radius 2 is 1.59 bits per heavy atom. The molecule has 3 aromatic carbocycles. The summed E-state index contributed by atoms with van der Waals surface area (Å²) in [6.45, 7) is 7.44. The van der Waals surface area contributed by atoms with Gasteiger partial charge in [-0.3, -0.25) is 14.4 Å². The molecule has 7 aliphatic rings. The Labute approximate surface area is 298 Å². The molecular weight excluding hydrogens is 633 g/mol. The highest BCUT2D eigenvalue weighted by molar-refractivity contribution is 6.09. The van der Waals surface area contributed by atoms with Gasteiger partial charge in [0.2, 0.25) is 0 Å². The molecule has 0 amide bonds. The van der Waals surface area contributed by atoms with Crippen molar-refractivity contribution in [2.75, 3.05) is 6.67 Å². The zero-order valence-corrected chi connectivity index (χ0v) is 29.4. The fraction of sp³-hybridized carbons (Fsp3) is 0.341. The number of ether oxygens (including phenoxy) is 3. The molecule has 4 aliphatic carbocycles. The van der Waals surface area contributed by atoms with Crippen LogP contribution in [-0.4, -0.2) is 26.0 Å². The molecule has 4 fully saturated rings. The highest BCUT2D eigenvalue weighted by Crippen LogP contribution is 2.61. The van der Waals surface area contributed by atoms with Crippen molar-refractivity contribution >= 4 is 27.5 Å². The van der Waals surface area contributed by atoms with Crippen LogP contribution in [0.2, 0.25) is 0 Å². The average molecular weight is 675 g/mol. The Hall–Kier alpha value is -5.17. The molecule has 2 aromatic heterocycles. The summed E-state index contributed by atoms with van der Waals surface area (Å²) in [6.07, 6.45) is 15.8. The van der Waals surface area contributed by atoms with E-state index in [4.69, 9.17) is 19.2 Å². The van der Waals surface area contributed by atoms with Crippen LogP contribution in [0.15, 0.2) is 109 Å². The minimum Gasteiger partial charge on any atom is -0.457 e. The predicted octanol–water partition coefficient (Wildman–Crippen LogP) is 10.3. The van der Waals surface area contributed by atoms with Crippen molar-refractivity contribution in [3.63, 3.8) is 0 Å². The molecule has 0 saturated heterocycles. The number of pyridine rings is 1. The number of benzene rings is 3. The topological polar surface area (TPSA) is 52.0 Å². The van der Waals surface area contributed by atoms with Crippen LogP contribution in [0.5, 0.6) is 11.5 Å². The lowest BCUT2D eigenvalue weighted by Crippen LogP contribution is -2.48. The van der Waals surface area contributed by atoms with Gasteiger partial charge in [0.25, 0.3) is 11.8 Å². The summed E-state index contributed by atoms with van der Waals surface area (Å²) < 4.78 is 20.6. The van der Waals surface area contributed by atoms with E-state index in [9.17, 15) is 0 Å². The van der Waals surface area contributed by atoms with Gasteiger partial charge in [-0.2, -0.15) is 0 Å². The molecule has 0 atom stereocenters. The second kappa shape index (κ2) is 10.4. The molecule has 0 spiro atoms. The molecule has 5 aromatic rings. The summed E-state index contributed by atoms with van der Waals surface area (Å²) in [4.78, 5) is 9.13. The first-order chi connectivity index (χ1) is 24.8. The number of hydrogen-bond donors (Lipinski definition) is 0. The van der Waals surface area contributed by atoms with Gasteiger partial charge in [-0.25, -0.2) is 4.98 Å². The highest BCUT2D eigenvalue weighted by atomic mass is 16.5. The van der Waals surface area contributed by atoms with Crippen LogP contribution in [0.25, 0.3) is 33.3 Å². The van der Waals surface area contributed by atoms with E-state index in [-0.39, 0.29) is 5.41 Å². The summed E-state index contributed by atoms with van der Waals surface area (Å²) in [7, 11) is 0. The molecule has 7 heteroatoms. The number of nitrogens with zero attached hydrogens (tertiary/aromatic N) is 4. The van der Waals surface area contributed by atoms with Crippen LogP contribution in [0.4, 0.5) is 0 Å². The maximum atomic E-state index is 6.65. The van der Waals surface area contributed by atoms with E-state index in [1.165, 1.54) is 60.4 Å². The smallest absolute Gasteiger partial charge is 0.263 e. The second-order valence-corrected chi connectivity index (χ2v) is 16.9. The molecule has 256 valence electrons. The van der Waals surface area contributed by atoms with Crippen molar-refractivity contribution < 1.29 is 14.2 Å².